The van der Waals surface area contributed by atoms with Gasteiger partial charge in [-0.05, 0) is 12.8 Å². The van der Waals surface area contributed by atoms with E-state index in [1.165, 1.54) is 0 Å². The Kier molecular flexibility index (Phi) is 21.8. The molecule has 0 aromatic heterocycles. The zero-order valence-corrected chi connectivity index (χ0v) is 39.6. The molecule has 0 aromatic rings. The molecule has 0 heterocycles. The molecule has 0 bridgehead atoms. The van der Waals surface area contributed by atoms with Gasteiger partial charge in [-0.2, -0.15) is 193 Å². The van der Waals surface area contributed by atoms with Crippen LogP contribution < -0.4 is 0 Å². The quantitative estimate of drug-likeness (QED) is 0.0507. The van der Waals surface area contributed by atoms with Crippen LogP contribution in [0.25, 0.3) is 0 Å². The van der Waals surface area contributed by atoms with Crippen LogP contribution in [0.4, 0.5) is 220 Å². The van der Waals surface area contributed by atoms with E-state index in [1.54, 1.807) is 0 Å². The van der Waals surface area contributed by atoms with Crippen molar-refractivity contribution in [3.63, 3.8) is 0 Å². The van der Waals surface area contributed by atoms with Gasteiger partial charge in [0.1, 0.15) is 0 Å². The maximum atomic E-state index is 14.5. The molecule has 0 fully saturated rings. The fraction of sp³-hybridized carbons (Fsp3) is 0.941. The lowest BCUT2D eigenvalue weighted by Crippen LogP contribution is -2.78. The van der Waals surface area contributed by atoms with Gasteiger partial charge in [-0.15, -0.1) is 0 Å². The summed E-state index contributed by atoms with van der Waals surface area (Å²) in [4.78, 5) is 19.5. The van der Waals surface area contributed by atoms with E-state index in [4.69, 9.17) is 10.2 Å². The van der Waals surface area contributed by atoms with Gasteiger partial charge < -0.3 is 20.0 Å². The summed E-state index contributed by atoms with van der Waals surface area (Å²) in [6, 6.07) is 0. The van der Waals surface area contributed by atoms with E-state index in [0.29, 0.717) is 0 Å². The molecule has 2 amide bonds. The van der Waals surface area contributed by atoms with E-state index < -0.39 is 217 Å². The number of alkyl halides is 48. The van der Waals surface area contributed by atoms with Crippen LogP contribution in [0.2, 0.25) is 0 Å². The second kappa shape index (κ2) is 23.1. The van der Waals surface area contributed by atoms with Crippen molar-refractivity contribution >= 4 is 12.2 Å². The Morgan fingerprint density at radius 1 is 0.239 bits per heavy atom. The second-order valence-electron chi connectivity index (χ2n) is 17.4. The molecule has 6 nitrogen and oxygen atoms in total. The third-order valence-electron chi connectivity index (χ3n) is 11.5. The van der Waals surface area contributed by atoms with E-state index in [1.807, 2.05) is 0 Å². The van der Waals surface area contributed by atoms with Crippen molar-refractivity contribution in [3.05, 3.63) is 0 Å². The third-order valence-corrected chi connectivity index (χ3v) is 11.5. The lowest BCUT2D eigenvalue weighted by molar-refractivity contribution is -0.476. The van der Waals surface area contributed by atoms with Crippen molar-refractivity contribution in [2.75, 3.05) is 26.2 Å². The number of nitrogens with zero attached hydrogens (tertiary/aromatic N) is 2. The summed E-state index contributed by atoms with van der Waals surface area (Å²) in [6.45, 7) is -12.4. The molecule has 526 valence electrons. The number of hydrogen-bond donors (Lipinski definition) is 2. The highest BCUT2D eigenvalue weighted by Crippen LogP contribution is 2.70. The monoisotopic (exact) mass is 1430 g/mol. The fourth-order valence-corrected chi connectivity index (χ4v) is 6.03. The summed E-state index contributed by atoms with van der Waals surface area (Å²) in [5, 5.41) is 17.9. The van der Waals surface area contributed by atoms with Crippen molar-refractivity contribution in [2.24, 2.45) is 0 Å². The second-order valence-corrected chi connectivity index (χ2v) is 17.4. The summed E-state index contributed by atoms with van der Waals surface area (Å²) < 4.78 is 663. The number of hydrogen-bond acceptors (Lipinski definition) is 2. The smallest absolute Gasteiger partial charge is 0.407 e. The summed E-state index contributed by atoms with van der Waals surface area (Å²) in [6.07, 6.45) is -25.5. The summed E-state index contributed by atoms with van der Waals surface area (Å²) in [7, 11) is 0. The minimum absolute atomic E-state index is 1.35. The zero-order valence-electron chi connectivity index (χ0n) is 39.6. The molecule has 0 aliphatic carbocycles. The van der Waals surface area contributed by atoms with Crippen LogP contribution >= 0.6 is 0 Å². The van der Waals surface area contributed by atoms with Crippen molar-refractivity contribution in [2.45, 2.75) is 169 Å². The predicted molar refractivity (Wildman–Crippen MR) is 179 cm³/mol. The fourth-order valence-electron chi connectivity index (χ4n) is 6.03. The maximum absolute atomic E-state index is 14.5. The van der Waals surface area contributed by atoms with Gasteiger partial charge in [0.2, 0.25) is 0 Å². The molecule has 54 heteroatoms. The molecular weight excluding hydrogens is 1410 g/mol. The van der Waals surface area contributed by atoms with Crippen LogP contribution in [0.15, 0.2) is 0 Å². The van der Waals surface area contributed by atoms with E-state index in [2.05, 4.69) is 0 Å². The SMILES string of the molecule is O=C(O)N(CCCCCCN(CC(F)(F)C(F)(F)C(F)(F)C(F)(F)C(F)(F)C(F)(F)C(F)(F)C(F)(F)C(F)(F)C(F)(F)C(F)(F)C(F)F)C(=O)O)CC(F)(F)C(F)(F)C(F)(F)C(F)(F)C(F)(F)C(F)(F)C(F)(F)C(F)(F)C(F)(F)C(F)(F)C(F)(F)C(F)F. The summed E-state index contributed by atoms with van der Waals surface area (Å²) in [5.41, 5.74) is 0. The van der Waals surface area contributed by atoms with Gasteiger partial charge in [0, 0.05) is 13.1 Å². The predicted octanol–water partition coefficient (Wildman–Crippen LogP) is 17.0. The third kappa shape index (κ3) is 11.4. The van der Waals surface area contributed by atoms with Gasteiger partial charge >= 0.3 is 155 Å². The van der Waals surface area contributed by atoms with Crippen LogP contribution in [-0.2, 0) is 0 Å². The van der Waals surface area contributed by atoms with Crippen LogP contribution in [-0.4, -0.2) is 202 Å². The van der Waals surface area contributed by atoms with Gasteiger partial charge in [0.25, 0.3) is 0 Å². The van der Waals surface area contributed by atoms with Gasteiger partial charge in [0.15, 0.2) is 0 Å². The molecule has 0 unspecified atom stereocenters. The summed E-state index contributed by atoms with van der Waals surface area (Å²) >= 11 is 0. The molecule has 0 saturated heterocycles. The number of amides is 2. The Balaban J connectivity index is 6.79. The Morgan fingerprint density at radius 3 is 0.511 bits per heavy atom. The molecule has 0 rings (SSSR count). The molecule has 0 saturated carbocycles. The molecule has 2 N–H and O–H groups in total. The zero-order chi connectivity index (χ0) is 72.1. The molecule has 0 aliphatic rings. The Bertz CT molecular complexity index is 2270. The maximum Gasteiger partial charge on any atom is 0.407 e. The standard InChI is InChI=1S/C34H20F48N2O4/c35-9(36)15(43,44)19(51,52)23(59,60)27(67,68)31(75,76)33(79,80)29(71,72)25(63,64)21(55,56)17(47,48)13(39,40)7-83(11(85)86)5-3-1-2-4-6-84(12(87)88)8-14(41,42)18(49,50)22(57,58)26(65,66)30(73,74)34(81,82)32(77,78)28(69,70)24(61,62)20(53,54)16(45,46)10(37)38/h9-10H,1-8H2,(H,85,86)(H,87,88). The number of rotatable bonds is 33. The molecule has 0 aromatic carbocycles. The number of carbonyl (C=O) groups is 2. The van der Waals surface area contributed by atoms with Crippen LogP contribution in [0.3, 0.4) is 0 Å². The topological polar surface area (TPSA) is 81.1 Å². The highest BCUT2D eigenvalue weighted by molar-refractivity contribution is 5.65. The molecule has 0 spiro atoms. The van der Waals surface area contributed by atoms with Crippen molar-refractivity contribution < 1.29 is 231 Å². The molecule has 0 radical (unpaired) electrons. The van der Waals surface area contributed by atoms with Crippen molar-refractivity contribution in [1.82, 2.24) is 9.80 Å². The average molecular weight is 1430 g/mol. The first-order valence-electron chi connectivity index (χ1n) is 20.5. The molecular formula is C34H20F48N2O4. The van der Waals surface area contributed by atoms with Crippen LogP contribution in [0, 0.1) is 0 Å². The minimum atomic E-state index is -9.90. The van der Waals surface area contributed by atoms with E-state index >= 15 is 0 Å². The van der Waals surface area contributed by atoms with Crippen molar-refractivity contribution in [3.8, 4) is 0 Å². The Labute approximate surface area is 448 Å². The van der Waals surface area contributed by atoms with Gasteiger partial charge in [-0.25, -0.2) is 27.2 Å². The first-order valence-corrected chi connectivity index (χ1v) is 20.5. The first-order chi connectivity index (χ1) is 37.7. The van der Waals surface area contributed by atoms with Gasteiger partial charge in [0.05, 0.1) is 13.1 Å². The number of halogens is 48. The largest absolute Gasteiger partial charge is 0.465 e. The highest BCUT2D eigenvalue weighted by atomic mass is 19.4. The lowest BCUT2D eigenvalue weighted by atomic mass is 9.84. The van der Waals surface area contributed by atoms with Crippen LogP contribution in [0.1, 0.15) is 25.7 Å². The molecule has 0 aliphatic heterocycles. The summed E-state index contributed by atoms with van der Waals surface area (Å²) in [5.74, 6) is -203. The number of carboxylic acid groups (broad SMARTS) is 2. The highest BCUT2D eigenvalue weighted by Gasteiger charge is 3.01. The van der Waals surface area contributed by atoms with Crippen LogP contribution in [0.5, 0.6) is 0 Å². The Hall–Kier alpha value is -4.82. The number of unbranched alkanes of at least 4 members (excludes halogenated alkanes) is 3. The van der Waals surface area contributed by atoms with E-state index in [9.17, 15) is 220 Å². The van der Waals surface area contributed by atoms with E-state index in [0.717, 1.165) is 0 Å². The normalized spacial score (nSPS) is 16.2. The van der Waals surface area contributed by atoms with Gasteiger partial charge in [-0.3, -0.25) is 0 Å². The average Bonchev–Trinajstić information content (AvgIpc) is 3.32. The molecule has 88 heavy (non-hydrogen) atoms. The van der Waals surface area contributed by atoms with Crippen molar-refractivity contribution in [1.29, 1.82) is 0 Å². The van der Waals surface area contributed by atoms with Gasteiger partial charge in [-0.1, -0.05) is 12.8 Å². The molecule has 0 atom stereocenters. The van der Waals surface area contributed by atoms with E-state index in [-0.39, 0.29) is 0 Å². The Morgan fingerprint density at radius 2 is 0.375 bits per heavy atom. The lowest BCUT2D eigenvalue weighted by Gasteiger charge is -2.45. The first kappa shape index (κ1) is 83.2. The minimum Gasteiger partial charge on any atom is -0.465 e.